The maximum atomic E-state index is 13.7. The van der Waals surface area contributed by atoms with Crippen LogP contribution < -0.4 is 4.90 Å². The number of anilines is 1. The SMILES string of the molecule is CN1c2ccc(-c3cccc(F)c3)cc2[C@@H]2[C@@H](CCN2C(=O)C2CC2)[C@@H]1CO. The molecule has 0 aromatic heterocycles. The van der Waals surface area contributed by atoms with Crippen LogP contribution >= 0.6 is 0 Å². The Balaban J connectivity index is 1.61. The molecule has 5 rings (SSSR count). The average Bonchev–Trinajstić information content (AvgIpc) is 3.46. The Kier molecular flexibility index (Phi) is 4.16. The Morgan fingerprint density at radius 3 is 2.64 bits per heavy atom. The lowest BCUT2D eigenvalue weighted by Crippen LogP contribution is -2.48. The third-order valence-electron chi connectivity index (χ3n) is 6.72. The van der Waals surface area contributed by atoms with Crippen LogP contribution in [-0.2, 0) is 4.79 Å². The van der Waals surface area contributed by atoms with Crippen molar-refractivity contribution in [2.45, 2.75) is 31.3 Å². The van der Waals surface area contributed by atoms with E-state index in [1.165, 1.54) is 6.07 Å². The highest BCUT2D eigenvalue weighted by Gasteiger charge is 2.49. The van der Waals surface area contributed by atoms with Crippen LogP contribution in [0, 0.1) is 17.7 Å². The Morgan fingerprint density at radius 2 is 1.93 bits per heavy atom. The van der Waals surface area contributed by atoms with E-state index in [1.54, 1.807) is 12.1 Å². The zero-order valence-corrected chi connectivity index (χ0v) is 16.0. The lowest BCUT2D eigenvalue weighted by Gasteiger charge is -2.44. The number of amides is 1. The van der Waals surface area contributed by atoms with Crippen LogP contribution in [0.15, 0.2) is 42.5 Å². The molecule has 0 spiro atoms. The van der Waals surface area contributed by atoms with Gasteiger partial charge in [0.1, 0.15) is 5.82 Å². The molecular formula is C23H25FN2O2. The number of carbonyl (C=O) groups excluding carboxylic acids is 1. The van der Waals surface area contributed by atoms with Gasteiger partial charge in [0.2, 0.25) is 5.91 Å². The van der Waals surface area contributed by atoms with E-state index in [1.807, 2.05) is 30.1 Å². The maximum Gasteiger partial charge on any atom is 0.226 e. The first-order valence-electron chi connectivity index (χ1n) is 10.1. The summed E-state index contributed by atoms with van der Waals surface area (Å²) in [4.78, 5) is 17.1. The van der Waals surface area contributed by atoms with Crippen LogP contribution in [0.2, 0.25) is 0 Å². The molecule has 2 aliphatic heterocycles. The average molecular weight is 380 g/mol. The molecule has 0 bridgehead atoms. The predicted octanol–water partition coefficient (Wildman–Crippen LogP) is 3.60. The molecule has 2 aromatic carbocycles. The predicted molar refractivity (Wildman–Crippen MR) is 106 cm³/mol. The molecule has 1 saturated heterocycles. The Labute approximate surface area is 164 Å². The zero-order valence-electron chi connectivity index (χ0n) is 16.0. The number of likely N-dealkylation sites (N-methyl/N-ethyl adjacent to an activating group) is 1. The van der Waals surface area contributed by atoms with E-state index >= 15 is 0 Å². The Hall–Kier alpha value is -2.40. The summed E-state index contributed by atoms with van der Waals surface area (Å²) in [6.45, 7) is 0.826. The van der Waals surface area contributed by atoms with Gasteiger partial charge in [-0.3, -0.25) is 4.79 Å². The van der Waals surface area contributed by atoms with Crippen molar-refractivity contribution in [1.29, 1.82) is 0 Å². The Morgan fingerprint density at radius 1 is 1.14 bits per heavy atom. The van der Waals surface area contributed by atoms with Gasteiger partial charge in [-0.25, -0.2) is 4.39 Å². The number of benzene rings is 2. The standard InChI is InChI=1S/C23H25FN2O2/c1-25-20-8-7-16(15-3-2-4-17(24)11-15)12-19(20)22-18(21(25)13-27)9-10-26(22)23(28)14-5-6-14/h2-4,7-8,11-12,14,18,21-22,27H,5-6,9-10,13H2,1H3/t18-,21-,22-/m0/s1. The number of hydrogen-bond donors (Lipinski definition) is 1. The van der Waals surface area contributed by atoms with E-state index in [9.17, 15) is 14.3 Å². The van der Waals surface area contributed by atoms with E-state index < -0.39 is 0 Å². The van der Waals surface area contributed by atoms with Gasteiger partial charge < -0.3 is 14.9 Å². The summed E-state index contributed by atoms with van der Waals surface area (Å²) >= 11 is 0. The lowest BCUT2D eigenvalue weighted by molar-refractivity contribution is -0.134. The second-order valence-corrected chi connectivity index (χ2v) is 8.35. The van der Waals surface area contributed by atoms with Crippen LogP contribution in [0.4, 0.5) is 10.1 Å². The summed E-state index contributed by atoms with van der Waals surface area (Å²) in [6, 6.07) is 12.8. The van der Waals surface area contributed by atoms with E-state index in [0.29, 0.717) is 0 Å². The van der Waals surface area contributed by atoms with Crippen molar-refractivity contribution in [2.75, 3.05) is 25.1 Å². The second kappa shape index (κ2) is 6.59. The highest BCUT2D eigenvalue weighted by Crippen LogP contribution is 2.50. The van der Waals surface area contributed by atoms with Gasteiger partial charge in [0.25, 0.3) is 0 Å². The number of hydrogen-bond acceptors (Lipinski definition) is 3. The highest BCUT2D eigenvalue weighted by atomic mass is 19.1. The van der Waals surface area contributed by atoms with Gasteiger partial charge in [-0.1, -0.05) is 18.2 Å². The minimum absolute atomic E-state index is 0.00882. The summed E-state index contributed by atoms with van der Waals surface area (Å²) in [5, 5.41) is 10.1. The van der Waals surface area contributed by atoms with Crippen LogP contribution in [-0.4, -0.2) is 42.2 Å². The largest absolute Gasteiger partial charge is 0.394 e. The summed E-state index contributed by atoms with van der Waals surface area (Å²) in [7, 11) is 2.02. The van der Waals surface area contributed by atoms with Gasteiger partial charge in [0, 0.05) is 31.1 Å². The topological polar surface area (TPSA) is 43.8 Å². The molecular weight excluding hydrogens is 355 g/mol. The normalized spacial score (nSPS) is 26.2. The molecule has 1 saturated carbocycles. The number of rotatable bonds is 3. The number of nitrogens with zero attached hydrogens (tertiary/aromatic N) is 2. The molecule has 2 fully saturated rings. The fourth-order valence-electron chi connectivity index (χ4n) is 5.11. The molecule has 1 N–H and O–H groups in total. The third kappa shape index (κ3) is 2.72. The van der Waals surface area contributed by atoms with E-state index in [4.69, 9.17) is 0 Å². The fourth-order valence-corrected chi connectivity index (χ4v) is 5.11. The minimum Gasteiger partial charge on any atom is -0.394 e. The zero-order chi connectivity index (χ0) is 19.4. The summed E-state index contributed by atoms with van der Waals surface area (Å²) in [5.41, 5.74) is 3.96. The minimum atomic E-state index is -0.253. The quantitative estimate of drug-likeness (QED) is 0.885. The molecule has 3 atom stereocenters. The number of likely N-dealkylation sites (tertiary alicyclic amines) is 1. The van der Waals surface area contributed by atoms with Crippen LogP contribution in [0.5, 0.6) is 0 Å². The fraction of sp³-hybridized carbons (Fsp3) is 0.435. The van der Waals surface area contributed by atoms with Crippen LogP contribution in [0.1, 0.15) is 30.9 Å². The summed E-state index contributed by atoms with van der Waals surface area (Å²) in [5.74, 6) is 0.404. The maximum absolute atomic E-state index is 13.7. The first-order chi connectivity index (χ1) is 13.6. The van der Waals surface area contributed by atoms with E-state index in [2.05, 4.69) is 11.0 Å². The molecule has 2 heterocycles. The first kappa shape index (κ1) is 17.7. The van der Waals surface area contributed by atoms with Gasteiger partial charge in [0.05, 0.1) is 18.7 Å². The van der Waals surface area contributed by atoms with E-state index in [-0.39, 0.29) is 42.3 Å². The van der Waals surface area contributed by atoms with Crippen molar-refractivity contribution in [3.8, 4) is 11.1 Å². The molecule has 4 nitrogen and oxygen atoms in total. The summed E-state index contributed by atoms with van der Waals surface area (Å²) in [6.07, 6.45) is 2.89. The van der Waals surface area contributed by atoms with Crippen molar-refractivity contribution < 1.29 is 14.3 Å². The van der Waals surface area contributed by atoms with Crippen LogP contribution in [0.25, 0.3) is 11.1 Å². The van der Waals surface area contributed by atoms with Crippen molar-refractivity contribution >= 4 is 11.6 Å². The molecule has 28 heavy (non-hydrogen) atoms. The highest BCUT2D eigenvalue weighted by molar-refractivity contribution is 5.83. The number of fused-ring (bicyclic) bond motifs is 3. The molecule has 2 aromatic rings. The van der Waals surface area contributed by atoms with Crippen molar-refractivity contribution in [2.24, 2.45) is 11.8 Å². The van der Waals surface area contributed by atoms with Gasteiger partial charge in [-0.05, 0) is 60.2 Å². The van der Waals surface area contributed by atoms with Gasteiger partial charge in [-0.15, -0.1) is 0 Å². The van der Waals surface area contributed by atoms with E-state index in [0.717, 1.165) is 48.2 Å². The second-order valence-electron chi connectivity index (χ2n) is 8.35. The number of aliphatic hydroxyl groups is 1. The van der Waals surface area contributed by atoms with Gasteiger partial charge in [-0.2, -0.15) is 0 Å². The van der Waals surface area contributed by atoms with Crippen molar-refractivity contribution in [3.05, 3.63) is 53.8 Å². The summed E-state index contributed by atoms with van der Waals surface area (Å²) < 4.78 is 13.7. The Bertz CT molecular complexity index is 927. The molecule has 0 radical (unpaired) electrons. The molecule has 0 unspecified atom stereocenters. The van der Waals surface area contributed by atoms with Gasteiger partial charge >= 0.3 is 0 Å². The smallest absolute Gasteiger partial charge is 0.226 e. The van der Waals surface area contributed by atoms with Gasteiger partial charge in [0.15, 0.2) is 0 Å². The molecule has 1 aliphatic carbocycles. The van der Waals surface area contributed by atoms with Crippen LogP contribution in [0.3, 0.4) is 0 Å². The monoisotopic (exact) mass is 380 g/mol. The molecule has 146 valence electrons. The lowest BCUT2D eigenvalue weighted by atomic mass is 9.81. The third-order valence-corrected chi connectivity index (χ3v) is 6.72. The first-order valence-corrected chi connectivity index (χ1v) is 10.1. The van der Waals surface area contributed by atoms with Crippen molar-refractivity contribution in [3.63, 3.8) is 0 Å². The molecule has 5 heteroatoms. The molecule has 3 aliphatic rings. The number of carbonyl (C=O) groups is 1. The number of aliphatic hydroxyl groups excluding tert-OH is 1. The number of halogens is 1. The van der Waals surface area contributed by atoms with Crippen molar-refractivity contribution in [1.82, 2.24) is 4.90 Å². The molecule has 1 amide bonds.